The van der Waals surface area contributed by atoms with Gasteiger partial charge in [-0.3, -0.25) is 9.52 Å². The van der Waals surface area contributed by atoms with Crippen molar-refractivity contribution in [1.29, 1.82) is 0 Å². The lowest BCUT2D eigenvalue weighted by atomic mass is 10.2. The molecule has 28 heavy (non-hydrogen) atoms. The van der Waals surface area contributed by atoms with Crippen LogP contribution in [0.3, 0.4) is 0 Å². The third-order valence-electron chi connectivity index (χ3n) is 4.03. The average Bonchev–Trinajstić information content (AvgIpc) is 2.65. The van der Waals surface area contributed by atoms with E-state index >= 15 is 0 Å². The average molecular weight is 397 g/mol. The molecule has 0 unspecified atom stereocenters. The Morgan fingerprint density at radius 2 is 1.82 bits per heavy atom. The number of nitrogens with one attached hydrogen (secondary N) is 2. The smallest absolute Gasteiger partial charge is 0.262 e. The normalized spacial score (nSPS) is 11.1. The van der Waals surface area contributed by atoms with Gasteiger partial charge in [-0.2, -0.15) is 0 Å². The van der Waals surface area contributed by atoms with Crippen molar-refractivity contribution in [2.45, 2.75) is 18.7 Å². The number of aromatic hydroxyl groups is 1. The number of hydrogen-bond donors (Lipinski definition) is 3. The van der Waals surface area contributed by atoms with Crippen LogP contribution < -0.4 is 10.0 Å². The molecule has 3 N–H and O–H groups in total. The number of nitrogens with zero attached hydrogens (tertiary/aromatic N) is 1. The van der Waals surface area contributed by atoms with E-state index < -0.39 is 15.9 Å². The maximum Gasteiger partial charge on any atom is 0.262 e. The third kappa shape index (κ3) is 4.29. The summed E-state index contributed by atoms with van der Waals surface area (Å²) in [5.74, 6) is -0.668. The standard InChI is InChI=1S/C20H19N3O4S/c1-13-8-9-14(2)18(11-13)28(26,27)23-16-6-3-5-15(12-16)20(25)22-19-17(24)7-4-10-21-19/h3-12,23-24H,1-2H3,(H,21,22,25). The Morgan fingerprint density at radius 3 is 2.57 bits per heavy atom. The molecule has 3 rings (SSSR count). The van der Waals surface area contributed by atoms with Crippen molar-refractivity contribution in [1.82, 2.24) is 4.98 Å². The maximum absolute atomic E-state index is 12.7. The highest BCUT2D eigenvalue weighted by Gasteiger charge is 2.18. The molecule has 0 spiro atoms. The molecule has 0 saturated carbocycles. The Balaban J connectivity index is 1.84. The SMILES string of the molecule is Cc1ccc(C)c(S(=O)(=O)Nc2cccc(C(=O)Nc3ncccc3O)c2)c1. The predicted molar refractivity (Wildman–Crippen MR) is 107 cm³/mol. The van der Waals surface area contributed by atoms with E-state index in [0.717, 1.165) is 5.56 Å². The van der Waals surface area contributed by atoms with Gasteiger partial charge in [0, 0.05) is 17.4 Å². The van der Waals surface area contributed by atoms with Gasteiger partial charge in [-0.25, -0.2) is 13.4 Å². The Bertz CT molecular complexity index is 1140. The van der Waals surface area contributed by atoms with Crippen LogP contribution in [0.15, 0.2) is 65.7 Å². The van der Waals surface area contributed by atoms with Crippen molar-refractivity contribution < 1.29 is 18.3 Å². The van der Waals surface area contributed by atoms with Crippen LogP contribution in [0.4, 0.5) is 11.5 Å². The minimum absolute atomic E-state index is 0.0221. The zero-order chi connectivity index (χ0) is 20.3. The van der Waals surface area contributed by atoms with Crippen molar-refractivity contribution in [3.63, 3.8) is 0 Å². The van der Waals surface area contributed by atoms with Gasteiger partial charge in [-0.15, -0.1) is 0 Å². The molecule has 3 aromatic rings. The number of anilines is 2. The third-order valence-corrected chi connectivity index (χ3v) is 5.55. The first-order chi connectivity index (χ1) is 13.3. The summed E-state index contributed by atoms with van der Waals surface area (Å²) in [5.41, 5.74) is 1.91. The second-order valence-corrected chi connectivity index (χ2v) is 7.93. The van der Waals surface area contributed by atoms with Gasteiger partial charge in [0.15, 0.2) is 11.6 Å². The monoisotopic (exact) mass is 397 g/mol. The highest BCUT2D eigenvalue weighted by molar-refractivity contribution is 7.92. The Morgan fingerprint density at radius 1 is 1.04 bits per heavy atom. The number of aryl methyl sites for hydroxylation is 2. The highest BCUT2D eigenvalue weighted by Crippen LogP contribution is 2.23. The van der Waals surface area contributed by atoms with Crippen molar-refractivity contribution in [2.24, 2.45) is 0 Å². The number of hydrogen-bond acceptors (Lipinski definition) is 5. The number of rotatable bonds is 5. The molecule has 1 aromatic heterocycles. The van der Waals surface area contributed by atoms with Gasteiger partial charge in [0.25, 0.3) is 15.9 Å². The molecule has 0 bridgehead atoms. The summed E-state index contributed by atoms with van der Waals surface area (Å²) in [6, 6.07) is 14.2. The fourth-order valence-electron chi connectivity index (χ4n) is 2.60. The van der Waals surface area contributed by atoms with Crippen molar-refractivity contribution in [3.8, 4) is 5.75 Å². The van der Waals surface area contributed by atoms with E-state index in [0.29, 0.717) is 5.56 Å². The summed E-state index contributed by atoms with van der Waals surface area (Å²) < 4.78 is 28.0. The lowest BCUT2D eigenvalue weighted by Crippen LogP contribution is -2.16. The summed E-state index contributed by atoms with van der Waals surface area (Å²) >= 11 is 0. The van der Waals surface area contributed by atoms with E-state index in [9.17, 15) is 18.3 Å². The van der Waals surface area contributed by atoms with E-state index in [2.05, 4.69) is 15.0 Å². The first-order valence-electron chi connectivity index (χ1n) is 8.42. The van der Waals surface area contributed by atoms with Gasteiger partial charge < -0.3 is 10.4 Å². The molecule has 0 atom stereocenters. The lowest BCUT2D eigenvalue weighted by molar-refractivity contribution is 0.102. The molecular weight excluding hydrogens is 378 g/mol. The van der Waals surface area contributed by atoms with E-state index in [-0.39, 0.29) is 27.7 Å². The van der Waals surface area contributed by atoms with Crippen LogP contribution in [0.5, 0.6) is 5.75 Å². The van der Waals surface area contributed by atoms with Crippen LogP contribution in [0.2, 0.25) is 0 Å². The number of carbonyl (C=O) groups is 1. The molecule has 144 valence electrons. The molecule has 0 saturated heterocycles. The predicted octanol–water partition coefficient (Wildman–Crippen LogP) is 3.46. The van der Waals surface area contributed by atoms with Crippen LogP contribution in [-0.2, 0) is 10.0 Å². The van der Waals surface area contributed by atoms with Gasteiger partial charge >= 0.3 is 0 Å². The minimum atomic E-state index is -3.81. The van der Waals surface area contributed by atoms with Crippen LogP contribution in [-0.4, -0.2) is 24.4 Å². The summed E-state index contributed by atoms with van der Waals surface area (Å²) in [6.07, 6.45) is 1.43. The lowest BCUT2D eigenvalue weighted by Gasteiger charge is -2.12. The molecule has 0 fully saturated rings. The van der Waals surface area contributed by atoms with E-state index in [1.54, 1.807) is 31.2 Å². The number of pyridine rings is 1. The van der Waals surface area contributed by atoms with Gasteiger partial charge in [0.1, 0.15) is 0 Å². The largest absolute Gasteiger partial charge is 0.504 e. The topological polar surface area (TPSA) is 108 Å². The minimum Gasteiger partial charge on any atom is -0.504 e. The first-order valence-corrected chi connectivity index (χ1v) is 9.90. The number of carbonyl (C=O) groups excluding carboxylic acids is 1. The van der Waals surface area contributed by atoms with Crippen molar-refractivity contribution in [2.75, 3.05) is 10.0 Å². The van der Waals surface area contributed by atoms with Crippen LogP contribution in [0.25, 0.3) is 0 Å². The van der Waals surface area contributed by atoms with Crippen LogP contribution >= 0.6 is 0 Å². The van der Waals surface area contributed by atoms with Gasteiger partial charge in [0.2, 0.25) is 0 Å². The molecule has 0 radical (unpaired) electrons. The Labute approximate surface area is 163 Å². The highest BCUT2D eigenvalue weighted by atomic mass is 32.2. The first kappa shape index (κ1) is 19.4. The number of aromatic nitrogens is 1. The second-order valence-electron chi connectivity index (χ2n) is 6.28. The van der Waals surface area contributed by atoms with Gasteiger partial charge in [-0.1, -0.05) is 18.2 Å². The second kappa shape index (κ2) is 7.69. The summed E-state index contributed by atoms with van der Waals surface area (Å²) in [7, 11) is -3.81. The molecule has 0 aliphatic rings. The van der Waals surface area contributed by atoms with E-state index in [1.165, 1.54) is 30.5 Å². The van der Waals surface area contributed by atoms with Gasteiger partial charge in [0.05, 0.1) is 4.90 Å². The molecular formula is C20H19N3O4S. The van der Waals surface area contributed by atoms with Gasteiger partial charge in [-0.05, 0) is 61.4 Å². The quantitative estimate of drug-likeness (QED) is 0.611. The summed E-state index contributed by atoms with van der Waals surface area (Å²) in [6.45, 7) is 3.54. The summed E-state index contributed by atoms with van der Waals surface area (Å²) in [4.78, 5) is 16.5. The Hall–Kier alpha value is -3.39. The van der Waals surface area contributed by atoms with E-state index in [4.69, 9.17) is 0 Å². The molecule has 0 aliphatic carbocycles. The van der Waals surface area contributed by atoms with Crippen molar-refractivity contribution in [3.05, 3.63) is 77.5 Å². The fraction of sp³-hybridized carbons (Fsp3) is 0.100. The molecule has 2 aromatic carbocycles. The zero-order valence-electron chi connectivity index (χ0n) is 15.3. The maximum atomic E-state index is 12.7. The van der Waals surface area contributed by atoms with Crippen LogP contribution in [0, 0.1) is 13.8 Å². The number of benzene rings is 2. The molecule has 8 heteroatoms. The summed E-state index contributed by atoms with van der Waals surface area (Å²) in [5, 5.41) is 12.2. The number of sulfonamides is 1. The fourth-order valence-corrected chi connectivity index (χ4v) is 3.98. The molecule has 1 heterocycles. The molecule has 0 aliphatic heterocycles. The van der Waals surface area contributed by atoms with Crippen LogP contribution in [0.1, 0.15) is 21.5 Å². The number of amides is 1. The Kier molecular flexibility index (Phi) is 5.32. The van der Waals surface area contributed by atoms with Crippen molar-refractivity contribution >= 4 is 27.4 Å². The molecule has 7 nitrogen and oxygen atoms in total. The zero-order valence-corrected chi connectivity index (χ0v) is 16.1. The van der Waals surface area contributed by atoms with E-state index in [1.807, 2.05) is 13.0 Å². The molecule has 1 amide bonds.